The van der Waals surface area contributed by atoms with Gasteiger partial charge in [0.2, 0.25) is 0 Å². The summed E-state index contributed by atoms with van der Waals surface area (Å²) in [5, 5.41) is 7.33. The second-order valence-electron chi connectivity index (χ2n) is 13.4. The molecule has 1 aliphatic rings. The van der Waals surface area contributed by atoms with Crippen molar-refractivity contribution < 1.29 is 0 Å². The number of nitrogens with two attached hydrogens (primary N) is 2. The van der Waals surface area contributed by atoms with E-state index in [-0.39, 0.29) is 6.04 Å². The van der Waals surface area contributed by atoms with Crippen LogP contribution in [0.1, 0.15) is 55.6 Å². The van der Waals surface area contributed by atoms with Crippen molar-refractivity contribution in [1.82, 2.24) is 14.5 Å². The fourth-order valence-corrected chi connectivity index (χ4v) is 7.63. The third kappa shape index (κ3) is 6.95. The minimum absolute atomic E-state index is 0.139. The Labute approximate surface area is 313 Å². The van der Waals surface area contributed by atoms with Crippen molar-refractivity contribution in [2.45, 2.75) is 51.9 Å². The molecule has 0 saturated heterocycles. The first-order valence-corrected chi connectivity index (χ1v) is 18.7. The first-order chi connectivity index (χ1) is 26.0. The number of hydrogen-bond donors (Lipinski definition) is 3. The van der Waals surface area contributed by atoms with Crippen molar-refractivity contribution in [3.63, 3.8) is 0 Å². The summed E-state index contributed by atoms with van der Waals surface area (Å²) in [5.41, 5.74) is 25.4. The first kappa shape index (κ1) is 35.7. The molecule has 53 heavy (non-hydrogen) atoms. The maximum absolute atomic E-state index is 6.96. The molecule has 266 valence electrons. The van der Waals surface area contributed by atoms with Crippen LogP contribution in [0.15, 0.2) is 158 Å². The molecule has 0 aliphatic heterocycles. The van der Waals surface area contributed by atoms with Gasteiger partial charge in [0.25, 0.3) is 0 Å². The lowest BCUT2D eigenvalue weighted by molar-refractivity contribution is 0.454. The average Bonchev–Trinajstić information content (AvgIpc) is 3.72. The number of fused-ring (bicyclic) bond motifs is 6. The Morgan fingerprint density at radius 1 is 0.736 bits per heavy atom. The van der Waals surface area contributed by atoms with E-state index in [0.717, 1.165) is 46.4 Å². The molecule has 0 spiro atoms. The molecule has 5 heteroatoms. The molecule has 8 rings (SSSR count). The molecule has 0 fully saturated rings. The Kier molecular flexibility index (Phi) is 10.7. The van der Waals surface area contributed by atoms with Crippen molar-refractivity contribution in [3.8, 4) is 5.69 Å². The van der Waals surface area contributed by atoms with Gasteiger partial charge < -0.3 is 20.6 Å². The van der Waals surface area contributed by atoms with Crippen LogP contribution in [-0.4, -0.2) is 21.3 Å². The summed E-state index contributed by atoms with van der Waals surface area (Å²) in [5.74, 6) is 0. The van der Waals surface area contributed by atoms with Gasteiger partial charge in [-0.3, -0.25) is 5.32 Å². The summed E-state index contributed by atoms with van der Waals surface area (Å²) in [7, 11) is 0. The van der Waals surface area contributed by atoms with Crippen LogP contribution in [0.2, 0.25) is 0 Å². The van der Waals surface area contributed by atoms with E-state index in [0.29, 0.717) is 0 Å². The fourth-order valence-electron chi connectivity index (χ4n) is 7.63. The number of aryl methyl sites for hydroxylation is 1. The van der Waals surface area contributed by atoms with Crippen molar-refractivity contribution in [2.75, 3.05) is 0 Å². The molecule has 0 amide bonds. The standard InChI is InChI=1S/C46H43N5.C2H6/c1-3-34(28-40(47)46(48)49-41(33-19-9-5-10-20-33)27-31(2)32-17-7-4-8-18-32)50-42-25-15-13-23-36(42)38-29-39-37-24-14-16-26-43(37)51(45(39)30-44(38)50)35-21-11-6-12-22-35;1-2/h3-13,15-23,25-30,40-41,46,49H,1,14,24,47-48H2,2H3;1-2H3/b31-27+,34-28+;. The molecule has 3 atom stereocenters. The van der Waals surface area contributed by atoms with E-state index >= 15 is 0 Å². The molecule has 7 aromatic rings. The van der Waals surface area contributed by atoms with Gasteiger partial charge >= 0.3 is 0 Å². The largest absolute Gasteiger partial charge is 0.322 e. The summed E-state index contributed by atoms with van der Waals surface area (Å²) in [4.78, 5) is 0. The van der Waals surface area contributed by atoms with Crippen molar-refractivity contribution in [3.05, 3.63) is 181 Å². The predicted octanol–water partition coefficient (Wildman–Crippen LogP) is 10.8. The quantitative estimate of drug-likeness (QED) is 0.0985. The second-order valence-corrected chi connectivity index (χ2v) is 13.4. The monoisotopic (exact) mass is 695 g/mol. The lowest BCUT2D eigenvalue weighted by atomic mass is 9.99. The van der Waals surface area contributed by atoms with Gasteiger partial charge in [-0.15, -0.1) is 0 Å². The number of allylic oxidation sites excluding steroid dienone is 4. The molecular formula is C48H49N5. The average molecular weight is 696 g/mol. The Balaban J connectivity index is 0.00000214. The SMILES string of the molecule is C=C/C(=C\C(N)C(N)NC(/C=C(\C)c1ccccc1)c1ccccc1)n1c2ccccc2c2cc3c4c(n(-c5ccccc5)c3cc21)C=CCC4.CC. The van der Waals surface area contributed by atoms with Crippen LogP contribution in [0.3, 0.4) is 0 Å². The number of nitrogens with zero attached hydrogens (tertiary/aromatic N) is 2. The van der Waals surface area contributed by atoms with Gasteiger partial charge in [-0.25, -0.2) is 0 Å². The summed E-state index contributed by atoms with van der Waals surface area (Å²) >= 11 is 0. The topological polar surface area (TPSA) is 73.9 Å². The number of rotatable bonds is 10. The number of benzene rings is 5. The van der Waals surface area contributed by atoms with Crippen LogP contribution in [0.25, 0.3) is 55.7 Å². The maximum atomic E-state index is 6.96. The van der Waals surface area contributed by atoms with E-state index in [9.17, 15) is 0 Å². The molecule has 0 radical (unpaired) electrons. The lowest BCUT2D eigenvalue weighted by Crippen LogP contribution is -2.51. The van der Waals surface area contributed by atoms with E-state index < -0.39 is 12.2 Å². The van der Waals surface area contributed by atoms with E-state index in [1.165, 1.54) is 38.5 Å². The van der Waals surface area contributed by atoms with Gasteiger partial charge in [-0.05, 0) is 90.6 Å². The molecular weight excluding hydrogens is 647 g/mol. The molecule has 0 saturated carbocycles. The highest BCUT2D eigenvalue weighted by Gasteiger charge is 2.23. The van der Waals surface area contributed by atoms with Crippen LogP contribution in [0, 0.1) is 0 Å². The minimum Gasteiger partial charge on any atom is -0.322 e. The second kappa shape index (κ2) is 15.9. The van der Waals surface area contributed by atoms with Gasteiger partial charge in [0.1, 0.15) is 0 Å². The summed E-state index contributed by atoms with van der Waals surface area (Å²) in [6.45, 7) is 10.4. The van der Waals surface area contributed by atoms with E-state index in [1.54, 1.807) is 0 Å². The Morgan fingerprint density at radius 2 is 1.40 bits per heavy atom. The van der Waals surface area contributed by atoms with Gasteiger partial charge in [0.15, 0.2) is 0 Å². The van der Waals surface area contributed by atoms with E-state index in [4.69, 9.17) is 11.5 Å². The highest BCUT2D eigenvalue weighted by atomic mass is 15.1. The minimum atomic E-state index is -0.543. The Bertz CT molecular complexity index is 2450. The smallest absolute Gasteiger partial charge is 0.0747 e. The Hall–Kier alpha value is -5.72. The van der Waals surface area contributed by atoms with E-state index in [2.05, 4.69) is 161 Å². The van der Waals surface area contributed by atoms with Crippen LogP contribution in [0.4, 0.5) is 0 Å². The zero-order chi connectivity index (χ0) is 36.9. The number of nitrogens with one attached hydrogen (secondary N) is 1. The van der Waals surface area contributed by atoms with Crippen molar-refractivity contribution >= 4 is 50.1 Å². The molecule has 5 N–H and O–H groups in total. The van der Waals surface area contributed by atoms with Gasteiger partial charge in [-0.2, -0.15) is 0 Å². The molecule has 5 nitrogen and oxygen atoms in total. The van der Waals surface area contributed by atoms with Crippen LogP contribution in [0.5, 0.6) is 0 Å². The predicted molar refractivity (Wildman–Crippen MR) is 228 cm³/mol. The normalized spacial score (nSPS) is 14.8. The molecule has 1 aliphatic carbocycles. The molecule has 2 aromatic heterocycles. The molecule has 0 bridgehead atoms. The molecule has 5 aromatic carbocycles. The fraction of sp³-hybridized carbons (Fsp3) is 0.167. The number of aromatic nitrogens is 2. The number of para-hydroxylation sites is 2. The Morgan fingerprint density at radius 3 is 2.11 bits per heavy atom. The van der Waals surface area contributed by atoms with Gasteiger partial charge in [0, 0.05) is 33.2 Å². The zero-order valence-electron chi connectivity index (χ0n) is 30.9. The highest BCUT2D eigenvalue weighted by Crippen LogP contribution is 2.40. The third-order valence-electron chi connectivity index (χ3n) is 10.2. The van der Waals surface area contributed by atoms with E-state index in [1.807, 2.05) is 38.1 Å². The van der Waals surface area contributed by atoms with Crippen LogP contribution in [-0.2, 0) is 6.42 Å². The molecule has 3 unspecified atom stereocenters. The summed E-state index contributed by atoms with van der Waals surface area (Å²) in [6, 6.07) is 44.1. The van der Waals surface area contributed by atoms with Crippen molar-refractivity contribution in [2.24, 2.45) is 11.5 Å². The van der Waals surface area contributed by atoms with Gasteiger partial charge in [-0.1, -0.05) is 130 Å². The zero-order valence-corrected chi connectivity index (χ0v) is 30.9. The maximum Gasteiger partial charge on any atom is 0.0747 e. The lowest BCUT2D eigenvalue weighted by Gasteiger charge is -2.26. The van der Waals surface area contributed by atoms with Crippen molar-refractivity contribution in [1.29, 1.82) is 0 Å². The third-order valence-corrected chi connectivity index (χ3v) is 10.2. The van der Waals surface area contributed by atoms with Crippen LogP contribution >= 0.6 is 0 Å². The summed E-state index contributed by atoms with van der Waals surface area (Å²) < 4.78 is 4.69. The highest BCUT2D eigenvalue weighted by molar-refractivity contribution is 6.15. The first-order valence-electron chi connectivity index (χ1n) is 18.7. The van der Waals surface area contributed by atoms with Gasteiger partial charge in [0.05, 0.1) is 34.8 Å². The number of hydrogen-bond acceptors (Lipinski definition) is 3. The van der Waals surface area contributed by atoms with Crippen LogP contribution < -0.4 is 16.8 Å². The molecule has 2 heterocycles. The summed E-state index contributed by atoms with van der Waals surface area (Å²) in [6.07, 6.45) is 12.2.